The minimum atomic E-state index is -0.560. The molecule has 168 valence electrons. The second kappa shape index (κ2) is 9.46. The number of nitrogens with zero attached hydrogens (tertiary/aromatic N) is 3. The molecule has 8 heteroatoms. The molecule has 2 saturated heterocycles. The van der Waals surface area contributed by atoms with Gasteiger partial charge >= 0.3 is 0 Å². The minimum Gasteiger partial charge on any atom is -0.483 e. The van der Waals surface area contributed by atoms with Gasteiger partial charge in [-0.2, -0.15) is 10.2 Å². The van der Waals surface area contributed by atoms with Crippen LogP contribution in [-0.4, -0.2) is 56.6 Å². The third-order valence-electron chi connectivity index (χ3n) is 7.06. The van der Waals surface area contributed by atoms with Crippen LogP contribution in [0.5, 0.6) is 0 Å². The minimum absolute atomic E-state index is 0.0289. The zero-order valence-electron chi connectivity index (χ0n) is 17.9. The number of carboxylic acid groups (broad SMARTS) is 1. The van der Waals surface area contributed by atoms with Gasteiger partial charge in [0, 0.05) is 18.1 Å². The Labute approximate surface area is 187 Å². The molecule has 2 N–H and O–H groups in total. The van der Waals surface area contributed by atoms with Crippen LogP contribution >= 0.6 is 0 Å². The number of benzene rings is 1. The van der Waals surface area contributed by atoms with E-state index in [0.717, 1.165) is 37.7 Å². The van der Waals surface area contributed by atoms with Crippen molar-refractivity contribution in [2.24, 2.45) is 5.41 Å². The molecule has 2 aromatic rings. The van der Waals surface area contributed by atoms with E-state index in [1.54, 1.807) is 12.3 Å². The van der Waals surface area contributed by atoms with E-state index in [0.29, 0.717) is 18.0 Å². The Bertz CT molecular complexity index is 951. The van der Waals surface area contributed by atoms with Crippen molar-refractivity contribution in [1.29, 1.82) is 0 Å². The Morgan fingerprint density at radius 1 is 1.12 bits per heavy atom. The number of hydrogen-bond donors (Lipinski definition) is 2. The van der Waals surface area contributed by atoms with Gasteiger partial charge in [-0.05, 0) is 56.6 Å². The highest BCUT2D eigenvalue weighted by atomic mass is 16.3. The number of amides is 2. The van der Waals surface area contributed by atoms with E-state index in [-0.39, 0.29) is 30.4 Å². The topological polar surface area (TPSA) is 112 Å². The SMILES string of the molecule is O=C(c1ccnnc1)N1[C@@H]2CC[C@H]1[C@@](Cc1ccccc1)(C(=O)NC1CCC1)C2.O=CO. The summed E-state index contributed by atoms with van der Waals surface area (Å²) in [5.74, 6) is 0.0997. The Kier molecular flexibility index (Phi) is 6.48. The van der Waals surface area contributed by atoms with E-state index < -0.39 is 5.41 Å². The van der Waals surface area contributed by atoms with E-state index >= 15 is 0 Å². The largest absolute Gasteiger partial charge is 0.483 e. The first kappa shape index (κ1) is 21.9. The van der Waals surface area contributed by atoms with Crippen molar-refractivity contribution in [2.45, 2.75) is 63.1 Å². The fraction of sp³-hybridized carbons (Fsp3) is 0.458. The molecule has 1 aromatic carbocycles. The summed E-state index contributed by atoms with van der Waals surface area (Å²) in [4.78, 5) is 37.2. The smallest absolute Gasteiger partial charge is 0.290 e. The van der Waals surface area contributed by atoms with Gasteiger partial charge < -0.3 is 15.3 Å². The maximum absolute atomic E-state index is 13.6. The molecule has 32 heavy (non-hydrogen) atoms. The molecule has 2 bridgehead atoms. The first-order valence-electron chi connectivity index (χ1n) is 11.1. The molecule has 5 rings (SSSR count). The summed E-state index contributed by atoms with van der Waals surface area (Å²) in [5, 5.41) is 17.8. The third-order valence-corrected chi connectivity index (χ3v) is 7.06. The van der Waals surface area contributed by atoms with E-state index in [1.165, 1.54) is 12.6 Å². The number of fused-ring (bicyclic) bond motifs is 2. The molecule has 1 aliphatic carbocycles. The maximum Gasteiger partial charge on any atom is 0.290 e. The van der Waals surface area contributed by atoms with Gasteiger partial charge in [0.25, 0.3) is 12.4 Å². The summed E-state index contributed by atoms with van der Waals surface area (Å²) in [6.07, 6.45) is 9.62. The molecule has 2 amide bonds. The molecule has 8 nitrogen and oxygen atoms in total. The van der Waals surface area contributed by atoms with Gasteiger partial charge in [-0.1, -0.05) is 30.3 Å². The van der Waals surface area contributed by atoms with Gasteiger partial charge in [0.15, 0.2) is 0 Å². The van der Waals surface area contributed by atoms with Gasteiger partial charge in [0.2, 0.25) is 5.91 Å². The highest BCUT2D eigenvalue weighted by Gasteiger charge is 2.61. The number of rotatable bonds is 5. The van der Waals surface area contributed by atoms with Crippen molar-refractivity contribution in [3.63, 3.8) is 0 Å². The molecule has 3 aliphatic rings. The number of aromatic nitrogens is 2. The summed E-state index contributed by atoms with van der Waals surface area (Å²) in [6, 6.07) is 12.2. The molecule has 3 fully saturated rings. The van der Waals surface area contributed by atoms with Crippen LogP contribution < -0.4 is 5.32 Å². The summed E-state index contributed by atoms with van der Waals surface area (Å²) in [6.45, 7) is -0.250. The van der Waals surface area contributed by atoms with E-state index in [4.69, 9.17) is 9.90 Å². The highest BCUT2D eigenvalue weighted by Crippen LogP contribution is 2.52. The second-order valence-electron chi connectivity index (χ2n) is 8.82. The average molecular weight is 437 g/mol. The van der Waals surface area contributed by atoms with Crippen molar-refractivity contribution >= 4 is 18.3 Å². The molecule has 1 aromatic heterocycles. The van der Waals surface area contributed by atoms with Gasteiger partial charge in [-0.25, -0.2) is 0 Å². The van der Waals surface area contributed by atoms with Crippen molar-refractivity contribution < 1.29 is 19.5 Å². The zero-order chi connectivity index (χ0) is 22.6. The lowest BCUT2D eigenvalue weighted by Crippen LogP contribution is -2.54. The Morgan fingerprint density at radius 2 is 1.88 bits per heavy atom. The number of hydrogen-bond acceptors (Lipinski definition) is 5. The van der Waals surface area contributed by atoms with Gasteiger partial charge in [-0.15, -0.1) is 0 Å². The Morgan fingerprint density at radius 3 is 2.50 bits per heavy atom. The fourth-order valence-corrected chi connectivity index (χ4v) is 5.41. The first-order valence-corrected chi connectivity index (χ1v) is 11.1. The number of carbonyl (C=O) groups is 3. The lowest BCUT2D eigenvalue weighted by molar-refractivity contribution is -0.134. The summed E-state index contributed by atoms with van der Waals surface area (Å²) in [7, 11) is 0. The second-order valence-corrected chi connectivity index (χ2v) is 8.82. The number of nitrogens with one attached hydrogen (secondary N) is 1. The molecule has 0 unspecified atom stereocenters. The van der Waals surface area contributed by atoms with Gasteiger partial charge in [-0.3, -0.25) is 14.4 Å². The molecular weight excluding hydrogens is 408 g/mol. The average Bonchev–Trinajstić information content (AvgIpc) is 3.34. The monoisotopic (exact) mass is 436 g/mol. The highest BCUT2D eigenvalue weighted by molar-refractivity contribution is 5.96. The van der Waals surface area contributed by atoms with E-state index in [2.05, 4.69) is 27.6 Å². The van der Waals surface area contributed by atoms with Crippen LogP contribution in [0.2, 0.25) is 0 Å². The molecule has 0 spiro atoms. The predicted molar refractivity (Wildman–Crippen MR) is 117 cm³/mol. The van der Waals surface area contributed by atoms with Gasteiger partial charge in [0.1, 0.15) is 0 Å². The molecule has 0 radical (unpaired) electrons. The Hall–Kier alpha value is -3.29. The third kappa shape index (κ3) is 4.09. The summed E-state index contributed by atoms with van der Waals surface area (Å²) >= 11 is 0. The van der Waals surface area contributed by atoms with Crippen molar-refractivity contribution in [1.82, 2.24) is 20.4 Å². The van der Waals surface area contributed by atoms with Crippen LogP contribution in [0.4, 0.5) is 0 Å². The standard InChI is InChI=1S/C23H26N4O2.CH2O2/c28-21(17-11-12-24-25-15-17)27-19-9-10-20(27)23(14-19,13-16-5-2-1-3-6-16)22(29)26-18-7-4-8-18;2-1-3/h1-3,5-6,11-12,15,18-20H,4,7-10,13-14H2,(H,26,29);1H,(H,2,3)/t19-,20+,23+;/m1./s1. The molecule has 3 heterocycles. The predicted octanol–water partition coefficient (Wildman–Crippen LogP) is 2.45. The fourth-order valence-electron chi connectivity index (χ4n) is 5.41. The van der Waals surface area contributed by atoms with Crippen LogP contribution in [0.15, 0.2) is 48.8 Å². The lowest BCUT2D eigenvalue weighted by Gasteiger charge is -2.39. The molecule has 3 atom stereocenters. The van der Waals surface area contributed by atoms with Crippen molar-refractivity contribution in [3.05, 3.63) is 59.9 Å². The zero-order valence-corrected chi connectivity index (χ0v) is 17.9. The van der Waals surface area contributed by atoms with Crippen LogP contribution in [0.25, 0.3) is 0 Å². The maximum atomic E-state index is 13.6. The van der Waals surface area contributed by atoms with Crippen LogP contribution in [0.1, 0.15) is 54.4 Å². The van der Waals surface area contributed by atoms with E-state index in [1.807, 2.05) is 23.1 Å². The van der Waals surface area contributed by atoms with Crippen LogP contribution in [0, 0.1) is 5.41 Å². The van der Waals surface area contributed by atoms with Crippen molar-refractivity contribution in [2.75, 3.05) is 0 Å². The Balaban J connectivity index is 0.000000775. The summed E-state index contributed by atoms with van der Waals surface area (Å²) in [5.41, 5.74) is 1.14. The number of carbonyl (C=O) groups excluding carboxylic acids is 2. The molecular formula is C24H28N4O4. The molecule has 1 saturated carbocycles. The first-order chi connectivity index (χ1) is 15.6. The lowest BCUT2D eigenvalue weighted by atomic mass is 9.69. The van der Waals surface area contributed by atoms with Crippen LogP contribution in [0.3, 0.4) is 0 Å². The summed E-state index contributed by atoms with van der Waals surface area (Å²) < 4.78 is 0. The van der Waals surface area contributed by atoms with Gasteiger partial charge in [0.05, 0.1) is 23.4 Å². The molecule has 2 aliphatic heterocycles. The normalized spacial score (nSPS) is 25.9. The van der Waals surface area contributed by atoms with Crippen molar-refractivity contribution in [3.8, 4) is 0 Å². The van der Waals surface area contributed by atoms with E-state index in [9.17, 15) is 9.59 Å². The quantitative estimate of drug-likeness (QED) is 0.697. The van der Waals surface area contributed by atoms with Crippen LogP contribution in [-0.2, 0) is 16.0 Å².